The van der Waals surface area contributed by atoms with Crippen LogP contribution in [-0.4, -0.2) is 0 Å². The van der Waals surface area contributed by atoms with Crippen molar-refractivity contribution in [3.05, 3.63) is 82.0 Å². The monoisotopic (exact) mass is 232 g/mol. The van der Waals surface area contributed by atoms with Gasteiger partial charge >= 0.3 is 0 Å². The summed E-state index contributed by atoms with van der Waals surface area (Å²) in [5, 5.41) is 0. The lowest BCUT2D eigenvalue weighted by Crippen LogP contribution is -2.21. The first-order valence-electron chi connectivity index (χ1n) is 6.78. The SMILES string of the molecule is CCC1=CC2=CC=C3C=CC=C4C=CC(=C2C43)C1. The van der Waals surface area contributed by atoms with Gasteiger partial charge in [-0.25, -0.2) is 0 Å². The highest BCUT2D eigenvalue weighted by atomic mass is 14.4. The fraction of sp³-hybridized carbons (Fsp3) is 0.222. The predicted octanol–water partition coefficient (Wildman–Crippen LogP) is 4.57. The molecule has 0 aromatic rings. The molecule has 4 aliphatic rings. The van der Waals surface area contributed by atoms with Gasteiger partial charge in [0.05, 0.1) is 0 Å². The summed E-state index contributed by atoms with van der Waals surface area (Å²) in [6, 6.07) is 0. The molecule has 1 unspecified atom stereocenters. The van der Waals surface area contributed by atoms with Crippen LogP contribution in [0.3, 0.4) is 0 Å². The smallest absolute Gasteiger partial charge is 0.0348 e. The zero-order valence-electron chi connectivity index (χ0n) is 10.6. The van der Waals surface area contributed by atoms with Crippen LogP contribution in [0.15, 0.2) is 82.0 Å². The van der Waals surface area contributed by atoms with Crippen LogP contribution in [0.2, 0.25) is 0 Å². The van der Waals surface area contributed by atoms with Crippen molar-refractivity contribution in [3.63, 3.8) is 0 Å². The summed E-state index contributed by atoms with van der Waals surface area (Å²) >= 11 is 0. The quantitative estimate of drug-likeness (QED) is 0.621. The Morgan fingerprint density at radius 2 is 1.94 bits per heavy atom. The van der Waals surface area contributed by atoms with E-state index in [-0.39, 0.29) is 0 Å². The van der Waals surface area contributed by atoms with Gasteiger partial charge in [0.2, 0.25) is 0 Å². The van der Waals surface area contributed by atoms with E-state index < -0.39 is 0 Å². The largest absolute Gasteiger partial charge is 0.0655 e. The highest BCUT2D eigenvalue weighted by Gasteiger charge is 2.32. The van der Waals surface area contributed by atoms with Crippen LogP contribution >= 0.6 is 0 Å². The van der Waals surface area contributed by atoms with Crippen LogP contribution < -0.4 is 0 Å². The molecule has 0 aliphatic heterocycles. The average Bonchev–Trinajstić information content (AvgIpc) is 2.44. The topological polar surface area (TPSA) is 0 Å². The highest BCUT2D eigenvalue weighted by Crippen LogP contribution is 2.47. The van der Waals surface area contributed by atoms with Crippen molar-refractivity contribution in [3.8, 4) is 0 Å². The Morgan fingerprint density at radius 1 is 1.06 bits per heavy atom. The lowest BCUT2D eigenvalue weighted by molar-refractivity contribution is 0.820. The standard InChI is InChI=1S/C18H16/c1-2-12-10-15-8-6-13-4-3-5-14-7-9-16(11-12)18(15)17(13)14/h3-10,17H,2,11H2,1H3. The van der Waals surface area contributed by atoms with Gasteiger partial charge < -0.3 is 0 Å². The Labute approximate surface area is 108 Å². The summed E-state index contributed by atoms with van der Waals surface area (Å²) in [7, 11) is 0. The van der Waals surface area contributed by atoms with Crippen molar-refractivity contribution in [2.75, 3.05) is 0 Å². The lowest BCUT2D eigenvalue weighted by Gasteiger charge is -2.36. The minimum atomic E-state index is 0.504. The molecule has 4 aliphatic carbocycles. The minimum absolute atomic E-state index is 0.504. The summed E-state index contributed by atoms with van der Waals surface area (Å²) < 4.78 is 0. The molecule has 0 saturated carbocycles. The third kappa shape index (κ3) is 1.26. The van der Waals surface area contributed by atoms with E-state index >= 15 is 0 Å². The van der Waals surface area contributed by atoms with Gasteiger partial charge in [0.25, 0.3) is 0 Å². The minimum Gasteiger partial charge on any atom is -0.0655 e. The molecule has 0 spiro atoms. The summed E-state index contributed by atoms with van der Waals surface area (Å²) in [5.41, 5.74) is 8.97. The van der Waals surface area contributed by atoms with E-state index in [4.69, 9.17) is 0 Å². The van der Waals surface area contributed by atoms with Crippen LogP contribution in [-0.2, 0) is 0 Å². The third-order valence-corrected chi connectivity index (χ3v) is 4.35. The summed E-state index contributed by atoms with van der Waals surface area (Å²) in [6.07, 6.45) is 20.6. The van der Waals surface area contributed by atoms with Gasteiger partial charge in [-0.1, -0.05) is 61.1 Å². The molecule has 0 saturated heterocycles. The molecule has 88 valence electrons. The second-order valence-corrected chi connectivity index (χ2v) is 5.35. The zero-order valence-corrected chi connectivity index (χ0v) is 10.6. The van der Waals surface area contributed by atoms with Crippen molar-refractivity contribution in [1.29, 1.82) is 0 Å². The number of hydrogen-bond acceptors (Lipinski definition) is 0. The molecule has 0 heterocycles. The zero-order chi connectivity index (χ0) is 12.1. The molecule has 0 fully saturated rings. The first-order valence-corrected chi connectivity index (χ1v) is 6.78. The summed E-state index contributed by atoms with van der Waals surface area (Å²) in [6.45, 7) is 2.25. The van der Waals surface area contributed by atoms with E-state index in [1.165, 1.54) is 22.3 Å². The van der Waals surface area contributed by atoms with Gasteiger partial charge in [0, 0.05) is 5.92 Å². The van der Waals surface area contributed by atoms with Crippen molar-refractivity contribution >= 4 is 0 Å². The van der Waals surface area contributed by atoms with Gasteiger partial charge in [0.1, 0.15) is 0 Å². The maximum atomic E-state index is 2.40. The molecule has 0 aromatic carbocycles. The Bertz CT molecular complexity index is 640. The molecule has 0 nitrogen and oxygen atoms in total. The normalized spacial score (nSPS) is 27.3. The molecule has 0 amide bonds. The molecule has 1 atom stereocenters. The van der Waals surface area contributed by atoms with Crippen molar-refractivity contribution in [2.45, 2.75) is 19.8 Å². The summed E-state index contributed by atoms with van der Waals surface area (Å²) in [5.74, 6) is 0.504. The van der Waals surface area contributed by atoms with Gasteiger partial charge in [-0.15, -0.1) is 0 Å². The van der Waals surface area contributed by atoms with Gasteiger partial charge in [-0.2, -0.15) is 0 Å². The summed E-state index contributed by atoms with van der Waals surface area (Å²) in [4.78, 5) is 0. The highest BCUT2D eigenvalue weighted by molar-refractivity contribution is 5.67. The Morgan fingerprint density at radius 3 is 2.83 bits per heavy atom. The first-order chi connectivity index (χ1) is 8.86. The number of hydrogen-bond donors (Lipinski definition) is 0. The van der Waals surface area contributed by atoms with E-state index in [9.17, 15) is 0 Å². The average molecular weight is 232 g/mol. The molecular formula is C18H16. The van der Waals surface area contributed by atoms with Crippen molar-refractivity contribution < 1.29 is 0 Å². The Balaban J connectivity index is 1.95. The predicted molar refractivity (Wildman–Crippen MR) is 76.0 cm³/mol. The molecule has 0 bridgehead atoms. The second-order valence-electron chi connectivity index (χ2n) is 5.35. The fourth-order valence-corrected chi connectivity index (χ4v) is 3.41. The van der Waals surface area contributed by atoms with Gasteiger partial charge in [-0.05, 0) is 40.7 Å². The molecule has 0 N–H and O–H groups in total. The van der Waals surface area contributed by atoms with E-state index in [2.05, 4.69) is 55.5 Å². The van der Waals surface area contributed by atoms with Crippen LogP contribution in [0.4, 0.5) is 0 Å². The maximum absolute atomic E-state index is 2.40. The lowest BCUT2D eigenvalue weighted by atomic mass is 9.68. The molecule has 18 heavy (non-hydrogen) atoms. The molecule has 4 rings (SSSR count). The Kier molecular flexibility index (Phi) is 2.02. The number of rotatable bonds is 1. The maximum Gasteiger partial charge on any atom is 0.0348 e. The Hall–Kier alpha value is -1.82. The molecular weight excluding hydrogens is 216 g/mol. The van der Waals surface area contributed by atoms with E-state index in [0.29, 0.717) is 5.92 Å². The van der Waals surface area contributed by atoms with Crippen molar-refractivity contribution in [2.24, 2.45) is 5.92 Å². The van der Waals surface area contributed by atoms with Gasteiger partial charge in [-0.3, -0.25) is 0 Å². The first kappa shape index (κ1) is 10.1. The second kappa shape index (κ2) is 3.58. The van der Waals surface area contributed by atoms with Gasteiger partial charge in [0.15, 0.2) is 0 Å². The molecule has 0 heteroatoms. The molecule has 0 radical (unpaired) electrons. The number of allylic oxidation sites excluding steroid dienone is 14. The van der Waals surface area contributed by atoms with Crippen LogP contribution in [0.1, 0.15) is 19.8 Å². The molecule has 0 aromatic heterocycles. The van der Waals surface area contributed by atoms with E-state index in [1.807, 2.05) is 0 Å². The van der Waals surface area contributed by atoms with Crippen molar-refractivity contribution in [1.82, 2.24) is 0 Å². The van der Waals surface area contributed by atoms with Crippen LogP contribution in [0.5, 0.6) is 0 Å². The van der Waals surface area contributed by atoms with E-state index in [0.717, 1.165) is 12.8 Å². The third-order valence-electron chi connectivity index (χ3n) is 4.35. The van der Waals surface area contributed by atoms with E-state index in [1.54, 1.807) is 11.1 Å². The fourth-order valence-electron chi connectivity index (χ4n) is 3.41. The van der Waals surface area contributed by atoms with Crippen LogP contribution in [0.25, 0.3) is 0 Å². The van der Waals surface area contributed by atoms with Crippen LogP contribution in [0, 0.1) is 5.92 Å².